The van der Waals surface area contributed by atoms with Gasteiger partial charge in [-0.1, -0.05) is 20.8 Å². The van der Waals surface area contributed by atoms with Gasteiger partial charge in [0.2, 0.25) is 0 Å². The maximum atomic E-state index is 13.1. The molecule has 0 saturated carbocycles. The second-order valence-corrected chi connectivity index (χ2v) is 9.67. The van der Waals surface area contributed by atoms with Gasteiger partial charge in [-0.15, -0.1) is 11.3 Å². The molecule has 1 amide bonds. The number of hydrogen-bond acceptors (Lipinski definition) is 7. The van der Waals surface area contributed by atoms with E-state index in [1.54, 1.807) is 22.3 Å². The Morgan fingerprint density at radius 1 is 1.23 bits per heavy atom. The first-order valence-electron chi connectivity index (χ1n) is 9.98. The fourth-order valence-electron chi connectivity index (χ4n) is 3.43. The molecule has 162 valence electrons. The van der Waals surface area contributed by atoms with Crippen LogP contribution in [0, 0.1) is 10.1 Å². The lowest BCUT2D eigenvalue weighted by Gasteiger charge is -2.35. The predicted molar refractivity (Wildman–Crippen MR) is 119 cm³/mol. The van der Waals surface area contributed by atoms with Gasteiger partial charge in [0.05, 0.1) is 21.2 Å². The van der Waals surface area contributed by atoms with Crippen LogP contribution in [0.15, 0.2) is 23.6 Å². The Morgan fingerprint density at radius 3 is 2.43 bits per heavy atom. The van der Waals surface area contributed by atoms with Crippen molar-refractivity contribution in [1.29, 1.82) is 0 Å². The van der Waals surface area contributed by atoms with Crippen LogP contribution in [0.3, 0.4) is 0 Å². The Labute approximate surface area is 181 Å². The third kappa shape index (κ3) is 4.96. The summed E-state index contributed by atoms with van der Waals surface area (Å²) in [5, 5.41) is 14.4. The first-order valence-corrected chi connectivity index (χ1v) is 10.9. The third-order valence-electron chi connectivity index (χ3n) is 5.14. The zero-order valence-electron chi connectivity index (χ0n) is 18.2. The second-order valence-electron chi connectivity index (χ2n) is 8.82. The van der Waals surface area contributed by atoms with E-state index in [0.717, 1.165) is 30.3 Å². The smallest absolute Gasteiger partial charge is 0.270 e. The summed E-state index contributed by atoms with van der Waals surface area (Å²) >= 11 is 1.69. The van der Waals surface area contributed by atoms with Crippen molar-refractivity contribution in [3.63, 3.8) is 0 Å². The average Bonchev–Trinajstić information content (AvgIpc) is 3.16. The van der Waals surface area contributed by atoms with Gasteiger partial charge in [0.25, 0.3) is 11.6 Å². The van der Waals surface area contributed by atoms with Gasteiger partial charge in [0, 0.05) is 75.4 Å². The van der Waals surface area contributed by atoms with Crippen LogP contribution >= 0.6 is 11.3 Å². The summed E-state index contributed by atoms with van der Waals surface area (Å²) in [5.41, 5.74) is 2.11. The normalized spacial score (nSPS) is 15.3. The van der Waals surface area contributed by atoms with Gasteiger partial charge in [-0.2, -0.15) is 0 Å². The topological polar surface area (TPSA) is 82.8 Å². The van der Waals surface area contributed by atoms with Crippen LogP contribution in [0.1, 0.15) is 41.8 Å². The molecule has 9 heteroatoms. The maximum absolute atomic E-state index is 13.1. The number of thiazole rings is 1. The number of nitro groups is 1. The molecule has 2 heterocycles. The van der Waals surface area contributed by atoms with Crippen LogP contribution in [0.2, 0.25) is 0 Å². The van der Waals surface area contributed by atoms with Crippen molar-refractivity contribution in [3.8, 4) is 0 Å². The van der Waals surface area contributed by atoms with Gasteiger partial charge in [-0.05, 0) is 6.07 Å². The number of hydrogen-bond donors (Lipinski definition) is 0. The first kappa shape index (κ1) is 22.2. The molecular weight excluding hydrogens is 402 g/mol. The molecule has 3 rings (SSSR count). The highest BCUT2D eigenvalue weighted by molar-refractivity contribution is 7.09. The molecular formula is C21H29N5O3S. The molecule has 0 unspecified atom stereocenters. The largest absolute Gasteiger partial charge is 0.377 e. The Hall–Kier alpha value is -2.52. The monoisotopic (exact) mass is 431 g/mol. The highest BCUT2D eigenvalue weighted by Crippen LogP contribution is 2.27. The number of nitro benzene ring substituents is 1. The SMILES string of the molecule is CN(C)c1ccc([N+](=O)[O-])cc1C(=O)N1CCN(Cc2csc(C(C)(C)C)n2)CC1. The molecule has 1 saturated heterocycles. The lowest BCUT2D eigenvalue weighted by atomic mass is 9.98. The number of amides is 1. The lowest BCUT2D eigenvalue weighted by Crippen LogP contribution is -2.48. The van der Waals surface area contributed by atoms with E-state index in [1.165, 1.54) is 12.1 Å². The minimum Gasteiger partial charge on any atom is -0.377 e. The van der Waals surface area contributed by atoms with E-state index in [4.69, 9.17) is 4.98 Å². The molecule has 0 N–H and O–H groups in total. The number of benzene rings is 1. The fourth-order valence-corrected chi connectivity index (χ4v) is 4.33. The molecule has 0 bridgehead atoms. The fraction of sp³-hybridized carbons (Fsp3) is 0.524. The Balaban J connectivity index is 1.66. The summed E-state index contributed by atoms with van der Waals surface area (Å²) in [6, 6.07) is 4.45. The van der Waals surface area contributed by atoms with Crippen molar-refractivity contribution >= 4 is 28.6 Å². The molecule has 1 aromatic carbocycles. The summed E-state index contributed by atoms with van der Waals surface area (Å²) in [7, 11) is 3.66. The minimum atomic E-state index is -0.464. The van der Waals surface area contributed by atoms with E-state index < -0.39 is 4.92 Å². The zero-order valence-corrected chi connectivity index (χ0v) is 19.0. The van der Waals surface area contributed by atoms with Crippen molar-refractivity contribution in [2.75, 3.05) is 45.2 Å². The van der Waals surface area contributed by atoms with Crippen LogP contribution in [0.4, 0.5) is 11.4 Å². The highest BCUT2D eigenvalue weighted by atomic mass is 32.1. The second kappa shape index (κ2) is 8.69. The van der Waals surface area contributed by atoms with E-state index in [2.05, 4.69) is 31.1 Å². The number of aromatic nitrogens is 1. The molecule has 1 fully saturated rings. The van der Waals surface area contributed by atoms with Gasteiger partial charge in [-0.3, -0.25) is 19.8 Å². The number of nitrogens with zero attached hydrogens (tertiary/aromatic N) is 5. The summed E-state index contributed by atoms with van der Waals surface area (Å²) in [4.78, 5) is 34.5. The Kier molecular flexibility index (Phi) is 6.42. The van der Waals surface area contributed by atoms with Crippen molar-refractivity contribution in [3.05, 3.63) is 50.0 Å². The quantitative estimate of drug-likeness (QED) is 0.533. The molecule has 30 heavy (non-hydrogen) atoms. The maximum Gasteiger partial charge on any atom is 0.270 e. The Bertz CT molecular complexity index is 927. The van der Waals surface area contributed by atoms with E-state index >= 15 is 0 Å². The number of carbonyl (C=O) groups excluding carboxylic acids is 1. The van der Waals surface area contributed by atoms with Crippen LogP contribution < -0.4 is 4.90 Å². The predicted octanol–water partition coefficient (Wildman–Crippen LogP) is 3.37. The molecule has 0 spiro atoms. The third-order valence-corrected chi connectivity index (χ3v) is 6.46. The molecule has 8 nitrogen and oxygen atoms in total. The number of non-ortho nitro benzene ring substituents is 1. The van der Waals surface area contributed by atoms with Gasteiger partial charge < -0.3 is 9.80 Å². The molecule has 0 radical (unpaired) electrons. The minimum absolute atomic E-state index is 0.0521. The van der Waals surface area contributed by atoms with Crippen LogP contribution in [-0.4, -0.2) is 65.9 Å². The van der Waals surface area contributed by atoms with Gasteiger partial charge in [-0.25, -0.2) is 4.98 Å². The molecule has 0 aliphatic carbocycles. The highest BCUT2D eigenvalue weighted by Gasteiger charge is 2.27. The number of piperazine rings is 1. The summed E-state index contributed by atoms with van der Waals surface area (Å²) < 4.78 is 0. The number of anilines is 1. The van der Waals surface area contributed by atoms with E-state index in [1.807, 2.05) is 19.0 Å². The number of rotatable bonds is 5. The van der Waals surface area contributed by atoms with Gasteiger partial charge in [0.1, 0.15) is 0 Å². The molecule has 1 aliphatic heterocycles. The number of carbonyl (C=O) groups is 1. The van der Waals surface area contributed by atoms with Crippen molar-refractivity contribution < 1.29 is 9.72 Å². The zero-order chi connectivity index (χ0) is 22.1. The lowest BCUT2D eigenvalue weighted by molar-refractivity contribution is -0.384. The summed E-state index contributed by atoms with van der Waals surface area (Å²) in [6.07, 6.45) is 0. The molecule has 0 atom stereocenters. The van der Waals surface area contributed by atoms with Crippen molar-refractivity contribution in [1.82, 2.24) is 14.8 Å². The van der Waals surface area contributed by atoms with E-state index in [9.17, 15) is 14.9 Å². The average molecular weight is 432 g/mol. The van der Waals surface area contributed by atoms with Crippen molar-refractivity contribution in [2.45, 2.75) is 32.7 Å². The van der Waals surface area contributed by atoms with E-state index in [0.29, 0.717) is 24.3 Å². The van der Waals surface area contributed by atoms with E-state index in [-0.39, 0.29) is 17.0 Å². The first-order chi connectivity index (χ1) is 14.1. The van der Waals surface area contributed by atoms with Crippen LogP contribution in [0.25, 0.3) is 0 Å². The summed E-state index contributed by atoms with van der Waals surface area (Å²) in [6.45, 7) is 9.94. The summed E-state index contributed by atoms with van der Waals surface area (Å²) in [5.74, 6) is -0.161. The molecule has 1 aliphatic rings. The van der Waals surface area contributed by atoms with Crippen molar-refractivity contribution in [2.24, 2.45) is 0 Å². The van der Waals surface area contributed by atoms with Gasteiger partial charge in [0.15, 0.2) is 0 Å². The van der Waals surface area contributed by atoms with Crippen LogP contribution in [-0.2, 0) is 12.0 Å². The molecule has 1 aromatic heterocycles. The van der Waals surface area contributed by atoms with Crippen LogP contribution in [0.5, 0.6) is 0 Å². The Morgan fingerprint density at radius 2 is 1.90 bits per heavy atom. The standard InChI is InChI=1S/C21H29N5O3S/c1-21(2,3)20-22-15(14-30-20)13-24-8-10-25(11-9-24)19(27)17-12-16(26(28)29)6-7-18(17)23(4)5/h6-7,12,14H,8-11,13H2,1-5H3. The van der Waals surface area contributed by atoms with Gasteiger partial charge >= 0.3 is 0 Å². The molecule has 2 aromatic rings.